The summed E-state index contributed by atoms with van der Waals surface area (Å²) in [6, 6.07) is -0.509. The number of nitrogens with zero attached hydrogens (tertiary/aromatic N) is 1. The molecule has 0 fully saturated rings. The molecule has 0 spiro atoms. The molecule has 0 aromatic rings. The van der Waals surface area contributed by atoms with Gasteiger partial charge in [-0.15, -0.1) is 0 Å². The molecule has 2 N–H and O–H groups in total. The third-order valence-corrected chi connectivity index (χ3v) is 2.18. The Balaban J connectivity index is 4.68. The Morgan fingerprint density at radius 1 is 1.14 bits per heavy atom. The van der Waals surface area contributed by atoms with Gasteiger partial charge >= 0.3 is 0 Å². The lowest BCUT2D eigenvalue weighted by molar-refractivity contribution is -0.141. The van der Waals surface area contributed by atoms with E-state index < -0.39 is 11.9 Å². The second kappa shape index (κ2) is 4.98. The monoisotopic (exact) mass is 200 g/mol. The molecule has 0 unspecified atom stereocenters. The van der Waals surface area contributed by atoms with E-state index in [1.165, 1.54) is 4.90 Å². The van der Waals surface area contributed by atoms with Crippen LogP contribution in [0.2, 0.25) is 0 Å². The van der Waals surface area contributed by atoms with Crippen molar-refractivity contribution >= 4 is 11.8 Å². The van der Waals surface area contributed by atoms with E-state index in [9.17, 15) is 9.59 Å². The van der Waals surface area contributed by atoms with Crippen LogP contribution in [0.15, 0.2) is 0 Å². The molecule has 0 saturated heterocycles. The standard InChI is InChI=1S/C10H20N2O2/c1-6(2)8(9(11)13)12(5)10(14)7(3)4/h6-8H,1-5H3,(H2,11,13)/t8-/m0/s1. The first-order valence-corrected chi connectivity index (χ1v) is 4.85. The second-order valence-corrected chi connectivity index (χ2v) is 4.20. The van der Waals surface area contributed by atoms with Crippen LogP contribution >= 0.6 is 0 Å². The van der Waals surface area contributed by atoms with Crippen LogP contribution in [0.3, 0.4) is 0 Å². The molecule has 1 atom stereocenters. The van der Waals surface area contributed by atoms with Gasteiger partial charge in [-0.3, -0.25) is 9.59 Å². The van der Waals surface area contributed by atoms with Crippen molar-refractivity contribution in [2.24, 2.45) is 17.6 Å². The van der Waals surface area contributed by atoms with Gasteiger partial charge in [0.1, 0.15) is 6.04 Å². The Bertz CT molecular complexity index is 224. The fourth-order valence-electron chi connectivity index (χ4n) is 1.51. The maximum absolute atomic E-state index is 11.6. The van der Waals surface area contributed by atoms with Crippen LogP contribution < -0.4 is 5.73 Å². The van der Waals surface area contributed by atoms with Gasteiger partial charge in [-0.1, -0.05) is 27.7 Å². The topological polar surface area (TPSA) is 63.4 Å². The van der Waals surface area contributed by atoms with Gasteiger partial charge in [0.05, 0.1) is 0 Å². The molecule has 0 bridgehead atoms. The number of carbonyl (C=O) groups excluding carboxylic acids is 2. The highest BCUT2D eigenvalue weighted by Gasteiger charge is 2.28. The minimum atomic E-state index is -0.509. The first-order chi connectivity index (χ1) is 6.29. The van der Waals surface area contributed by atoms with Crippen molar-refractivity contribution < 1.29 is 9.59 Å². The quantitative estimate of drug-likeness (QED) is 0.722. The molecule has 14 heavy (non-hydrogen) atoms. The van der Waals surface area contributed by atoms with E-state index in [0.717, 1.165) is 0 Å². The summed E-state index contributed by atoms with van der Waals surface area (Å²) in [4.78, 5) is 24.2. The Kier molecular flexibility index (Phi) is 4.60. The number of primary amides is 1. The largest absolute Gasteiger partial charge is 0.368 e. The third kappa shape index (κ3) is 3.01. The van der Waals surface area contributed by atoms with Crippen molar-refractivity contribution in [3.05, 3.63) is 0 Å². The lowest BCUT2D eigenvalue weighted by Gasteiger charge is -2.29. The lowest BCUT2D eigenvalue weighted by Crippen LogP contribution is -2.49. The third-order valence-electron chi connectivity index (χ3n) is 2.18. The number of amides is 2. The highest BCUT2D eigenvalue weighted by atomic mass is 16.2. The van der Waals surface area contributed by atoms with Gasteiger partial charge in [0.2, 0.25) is 11.8 Å². The predicted octanol–water partition coefficient (Wildman–Crippen LogP) is 0.611. The minimum Gasteiger partial charge on any atom is -0.368 e. The zero-order valence-corrected chi connectivity index (χ0v) is 9.57. The molecule has 0 heterocycles. The smallest absolute Gasteiger partial charge is 0.240 e. The molecule has 0 radical (unpaired) electrons. The van der Waals surface area contributed by atoms with Crippen LogP contribution in [0.1, 0.15) is 27.7 Å². The zero-order chi connectivity index (χ0) is 11.5. The van der Waals surface area contributed by atoms with E-state index in [1.807, 2.05) is 13.8 Å². The summed E-state index contributed by atoms with van der Waals surface area (Å²) in [5.41, 5.74) is 5.24. The van der Waals surface area contributed by atoms with E-state index in [2.05, 4.69) is 0 Å². The Morgan fingerprint density at radius 2 is 1.57 bits per heavy atom. The molecule has 0 aliphatic heterocycles. The van der Waals surface area contributed by atoms with Crippen molar-refractivity contribution in [1.82, 2.24) is 4.90 Å². The van der Waals surface area contributed by atoms with Crippen molar-refractivity contribution in [2.45, 2.75) is 33.7 Å². The van der Waals surface area contributed by atoms with Crippen molar-refractivity contribution in [3.63, 3.8) is 0 Å². The van der Waals surface area contributed by atoms with E-state index in [0.29, 0.717) is 0 Å². The molecule has 0 saturated carbocycles. The summed E-state index contributed by atoms with van der Waals surface area (Å²) in [7, 11) is 1.62. The van der Waals surface area contributed by atoms with E-state index in [-0.39, 0.29) is 17.7 Å². The summed E-state index contributed by atoms with van der Waals surface area (Å²) in [5, 5.41) is 0. The molecule has 2 amide bonds. The molecule has 0 rings (SSSR count). The van der Waals surface area contributed by atoms with E-state index in [4.69, 9.17) is 5.73 Å². The van der Waals surface area contributed by atoms with Crippen LogP contribution in [0.25, 0.3) is 0 Å². The number of nitrogens with two attached hydrogens (primary N) is 1. The number of carbonyl (C=O) groups is 2. The van der Waals surface area contributed by atoms with Crippen molar-refractivity contribution in [1.29, 1.82) is 0 Å². The first kappa shape index (κ1) is 12.9. The van der Waals surface area contributed by atoms with E-state index >= 15 is 0 Å². The van der Waals surface area contributed by atoms with Gasteiger partial charge in [0.25, 0.3) is 0 Å². The summed E-state index contributed by atoms with van der Waals surface area (Å²) < 4.78 is 0. The second-order valence-electron chi connectivity index (χ2n) is 4.20. The molecule has 4 heteroatoms. The van der Waals surface area contributed by atoms with Gasteiger partial charge in [-0.05, 0) is 5.92 Å². The van der Waals surface area contributed by atoms with Crippen LogP contribution in [0, 0.1) is 11.8 Å². The highest BCUT2D eigenvalue weighted by Crippen LogP contribution is 2.11. The normalized spacial score (nSPS) is 13.1. The summed E-state index contributed by atoms with van der Waals surface area (Å²) >= 11 is 0. The summed E-state index contributed by atoms with van der Waals surface area (Å²) in [5.74, 6) is -0.570. The van der Waals surface area contributed by atoms with Crippen LogP contribution in [-0.2, 0) is 9.59 Å². The lowest BCUT2D eigenvalue weighted by atomic mass is 10.0. The number of hydrogen-bond donors (Lipinski definition) is 1. The molecule has 0 aromatic carbocycles. The maximum atomic E-state index is 11.6. The molecule has 82 valence electrons. The molecule has 4 nitrogen and oxygen atoms in total. The molecule has 0 aliphatic rings. The molecular weight excluding hydrogens is 180 g/mol. The van der Waals surface area contributed by atoms with Crippen molar-refractivity contribution in [2.75, 3.05) is 7.05 Å². The SMILES string of the molecule is CC(C)C(=O)N(C)[C@H](C(N)=O)C(C)C. The maximum Gasteiger partial charge on any atom is 0.240 e. The van der Waals surface area contributed by atoms with Gasteiger partial charge in [-0.25, -0.2) is 0 Å². The number of rotatable bonds is 4. The summed E-state index contributed by atoms with van der Waals surface area (Å²) in [6.45, 7) is 7.35. The highest BCUT2D eigenvalue weighted by molar-refractivity contribution is 5.87. The van der Waals surface area contributed by atoms with Crippen LogP contribution in [0.4, 0.5) is 0 Å². The van der Waals surface area contributed by atoms with Gasteiger partial charge < -0.3 is 10.6 Å². The first-order valence-electron chi connectivity index (χ1n) is 4.85. The number of likely N-dealkylation sites (N-methyl/N-ethyl adjacent to an activating group) is 1. The average molecular weight is 200 g/mol. The summed E-state index contributed by atoms with van der Waals surface area (Å²) in [6.07, 6.45) is 0. The van der Waals surface area contributed by atoms with E-state index in [1.54, 1.807) is 20.9 Å². The minimum absolute atomic E-state index is 0.0419. The molecule has 0 aromatic heterocycles. The van der Waals surface area contributed by atoms with Gasteiger partial charge in [-0.2, -0.15) is 0 Å². The Hall–Kier alpha value is -1.06. The van der Waals surface area contributed by atoms with Crippen molar-refractivity contribution in [3.8, 4) is 0 Å². The fraction of sp³-hybridized carbons (Fsp3) is 0.800. The average Bonchev–Trinajstić information content (AvgIpc) is 2.01. The molecular formula is C10H20N2O2. The predicted molar refractivity (Wildman–Crippen MR) is 55.4 cm³/mol. The Morgan fingerprint density at radius 3 is 1.79 bits per heavy atom. The van der Waals surface area contributed by atoms with Crippen LogP contribution in [-0.4, -0.2) is 29.8 Å². The van der Waals surface area contributed by atoms with Gasteiger partial charge in [0, 0.05) is 13.0 Å². The van der Waals surface area contributed by atoms with Gasteiger partial charge in [0.15, 0.2) is 0 Å². The fourth-order valence-corrected chi connectivity index (χ4v) is 1.51. The van der Waals surface area contributed by atoms with Crippen LogP contribution in [0.5, 0.6) is 0 Å². The zero-order valence-electron chi connectivity index (χ0n) is 9.57. The molecule has 0 aliphatic carbocycles. The Labute approximate surface area is 85.4 Å². The number of hydrogen-bond acceptors (Lipinski definition) is 2.